The Bertz CT molecular complexity index is 1480. The lowest BCUT2D eigenvalue weighted by Crippen LogP contribution is -2.48. The van der Waals surface area contributed by atoms with Crippen molar-refractivity contribution in [2.24, 2.45) is 5.41 Å². The maximum absolute atomic E-state index is 14.3. The second-order valence-electron chi connectivity index (χ2n) is 10.00. The molecule has 1 saturated heterocycles. The molecule has 0 aromatic heterocycles. The van der Waals surface area contributed by atoms with Crippen LogP contribution in [-0.2, 0) is 11.0 Å². The molecular weight excluding hydrogens is 479 g/mol. The standard InChI is InChI=1S/C30H22F3NO3/c1-16-7-8-18-11-14-24-29(27(36)21-5-3-4-6-22(21)28(29)37)25(26(17(2)35)34(24)23(18)15-16)19-9-12-20(13-10-19)30(31,32)33/h3-15,24-26H,1-2H3/t24-,25+,26+/m1/s1. The fraction of sp³-hybridized carbons (Fsp3) is 0.233. The largest absolute Gasteiger partial charge is 0.416 e. The molecule has 1 aliphatic carbocycles. The second-order valence-corrected chi connectivity index (χ2v) is 10.00. The van der Waals surface area contributed by atoms with Gasteiger partial charge in [0.15, 0.2) is 17.3 Å². The van der Waals surface area contributed by atoms with Gasteiger partial charge in [0.05, 0.1) is 17.6 Å². The van der Waals surface area contributed by atoms with Crippen molar-refractivity contribution in [3.63, 3.8) is 0 Å². The molecule has 3 aromatic carbocycles. The minimum atomic E-state index is -4.54. The molecule has 3 atom stereocenters. The number of nitrogens with zero attached hydrogens (tertiary/aromatic N) is 1. The maximum Gasteiger partial charge on any atom is 0.416 e. The number of aryl methyl sites for hydroxylation is 1. The average Bonchev–Trinajstić information content (AvgIpc) is 3.30. The zero-order valence-electron chi connectivity index (χ0n) is 20.0. The number of carbonyl (C=O) groups excluding carboxylic acids is 3. The summed E-state index contributed by atoms with van der Waals surface area (Å²) >= 11 is 0. The molecule has 3 aliphatic rings. The normalized spacial score (nSPS) is 23.3. The molecule has 0 saturated carbocycles. The number of alkyl halides is 3. The number of fused-ring (bicyclic) bond motifs is 5. The summed E-state index contributed by atoms with van der Waals surface area (Å²) in [6, 6.07) is 15.1. The molecule has 0 amide bonds. The Labute approximate surface area is 211 Å². The van der Waals surface area contributed by atoms with Crippen molar-refractivity contribution >= 4 is 29.1 Å². The molecule has 1 fully saturated rings. The molecule has 0 unspecified atom stereocenters. The molecule has 186 valence electrons. The number of benzene rings is 3. The smallest absolute Gasteiger partial charge is 0.352 e. The Morgan fingerprint density at radius 3 is 2.11 bits per heavy atom. The number of Topliss-reactive ketones (excluding diaryl/α,β-unsaturated/α-hetero) is 3. The quantitative estimate of drug-likeness (QED) is 0.402. The van der Waals surface area contributed by atoms with Crippen molar-refractivity contribution in [1.82, 2.24) is 0 Å². The van der Waals surface area contributed by atoms with Crippen molar-refractivity contribution in [2.45, 2.75) is 38.0 Å². The van der Waals surface area contributed by atoms with Gasteiger partial charge >= 0.3 is 6.18 Å². The molecule has 0 radical (unpaired) electrons. The summed E-state index contributed by atoms with van der Waals surface area (Å²) in [5, 5.41) is 0. The van der Waals surface area contributed by atoms with Crippen molar-refractivity contribution in [3.05, 3.63) is 106 Å². The fourth-order valence-corrected chi connectivity index (χ4v) is 6.48. The Morgan fingerprint density at radius 1 is 0.919 bits per heavy atom. The number of anilines is 1. The van der Waals surface area contributed by atoms with Gasteiger partial charge in [0, 0.05) is 22.7 Å². The highest BCUT2D eigenvalue weighted by Crippen LogP contribution is 2.60. The van der Waals surface area contributed by atoms with E-state index in [1.807, 2.05) is 36.1 Å². The van der Waals surface area contributed by atoms with E-state index in [2.05, 4.69) is 0 Å². The third-order valence-corrected chi connectivity index (χ3v) is 7.98. The topological polar surface area (TPSA) is 54.5 Å². The van der Waals surface area contributed by atoms with E-state index in [0.29, 0.717) is 5.56 Å². The summed E-state index contributed by atoms with van der Waals surface area (Å²) in [6.07, 6.45) is -0.898. The van der Waals surface area contributed by atoms with E-state index < -0.39 is 46.7 Å². The van der Waals surface area contributed by atoms with Gasteiger partial charge in [-0.1, -0.05) is 60.7 Å². The highest BCUT2D eigenvalue weighted by molar-refractivity contribution is 6.32. The highest BCUT2D eigenvalue weighted by atomic mass is 19.4. The molecule has 1 spiro atoms. The summed E-state index contributed by atoms with van der Waals surface area (Å²) < 4.78 is 40.1. The van der Waals surface area contributed by atoms with Gasteiger partial charge in [0.2, 0.25) is 0 Å². The van der Waals surface area contributed by atoms with Crippen LogP contribution in [0.5, 0.6) is 0 Å². The van der Waals surface area contributed by atoms with Crippen molar-refractivity contribution in [2.75, 3.05) is 4.90 Å². The van der Waals surface area contributed by atoms with Crippen LogP contribution in [-0.4, -0.2) is 29.4 Å². The minimum absolute atomic E-state index is 0.272. The van der Waals surface area contributed by atoms with E-state index in [-0.39, 0.29) is 16.9 Å². The predicted molar refractivity (Wildman–Crippen MR) is 133 cm³/mol. The number of rotatable bonds is 2. The third kappa shape index (κ3) is 3.06. The Hall–Kier alpha value is -4.00. The molecule has 0 N–H and O–H groups in total. The number of hydrogen-bond donors (Lipinski definition) is 0. The first-order valence-corrected chi connectivity index (χ1v) is 12.0. The van der Waals surface area contributed by atoms with Gasteiger partial charge in [-0.3, -0.25) is 14.4 Å². The van der Waals surface area contributed by atoms with Gasteiger partial charge in [-0.15, -0.1) is 0 Å². The number of hydrogen-bond acceptors (Lipinski definition) is 4. The first kappa shape index (κ1) is 23.4. The highest BCUT2D eigenvalue weighted by Gasteiger charge is 2.71. The van der Waals surface area contributed by atoms with Crippen LogP contribution >= 0.6 is 0 Å². The molecule has 37 heavy (non-hydrogen) atoms. The van der Waals surface area contributed by atoms with Crippen LogP contribution in [0.15, 0.2) is 72.8 Å². The Morgan fingerprint density at radius 2 is 1.54 bits per heavy atom. The molecule has 7 heteroatoms. The van der Waals surface area contributed by atoms with E-state index in [1.165, 1.54) is 19.1 Å². The molecule has 6 rings (SSSR count). The first-order chi connectivity index (χ1) is 17.6. The van der Waals surface area contributed by atoms with Crippen molar-refractivity contribution in [3.8, 4) is 0 Å². The lowest BCUT2D eigenvalue weighted by molar-refractivity contribution is -0.137. The van der Waals surface area contributed by atoms with E-state index in [1.54, 1.807) is 30.3 Å². The monoisotopic (exact) mass is 501 g/mol. The van der Waals surface area contributed by atoms with E-state index in [9.17, 15) is 27.6 Å². The molecular formula is C30H22F3NO3. The Balaban J connectivity index is 1.65. The first-order valence-electron chi connectivity index (χ1n) is 12.0. The van der Waals surface area contributed by atoms with Gasteiger partial charge < -0.3 is 4.90 Å². The van der Waals surface area contributed by atoms with Crippen molar-refractivity contribution < 1.29 is 27.6 Å². The second kappa shape index (κ2) is 7.75. The number of carbonyl (C=O) groups is 3. The zero-order chi connectivity index (χ0) is 26.3. The van der Waals surface area contributed by atoms with Gasteiger partial charge in [-0.2, -0.15) is 13.2 Å². The number of halogens is 3. The number of ketones is 3. The molecule has 4 nitrogen and oxygen atoms in total. The van der Waals surface area contributed by atoms with Gasteiger partial charge in [-0.25, -0.2) is 0 Å². The summed E-state index contributed by atoms with van der Waals surface area (Å²) in [7, 11) is 0. The van der Waals surface area contributed by atoms with Crippen LogP contribution in [0.4, 0.5) is 18.9 Å². The third-order valence-electron chi connectivity index (χ3n) is 7.98. The summed E-state index contributed by atoms with van der Waals surface area (Å²) in [4.78, 5) is 43.7. The summed E-state index contributed by atoms with van der Waals surface area (Å²) in [5.41, 5.74) is 0.860. The zero-order valence-corrected chi connectivity index (χ0v) is 20.0. The minimum Gasteiger partial charge on any atom is -0.352 e. The van der Waals surface area contributed by atoms with E-state index >= 15 is 0 Å². The van der Waals surface area contributed by atoms with E-state index in [0.717, 1.165) is 28.9 Å². The van der Waals surface area contributed by atoms with Crippen LogP contribution in [0.2, 0.25) is 0 Å². The van der Waals surface area contributed by atoms with Gasteiger partial charge in [0.25, 0.3) is 0 Å². The van der Waals surface area contributed by atoms with Crippen LogP contribution in [0.1, 0.15) is 55.8 Å². The van der Waals surface area contributed by atoms with Gasteiger partial charge in [-0.05, 0) is 48.7 Å². The lowest BCUT2D eigenvalue weighted by atomic mass is 9.64. The van der Waals surface area contributed by atoms with Crippen LogP contribution < -0.4 is 4.90 Å². The predicted octanol–water partition coefficient (Wildman–Crippen LogP) is 6.04. The molecule has 3 aromatic rings. The van der Waals surface area contributed by atoms with Crippen LogP contribution in [0.3, 0.4) is 0 Å². The summed E-state index contributed by atoms with van der Waals surface area (Å²) in [6.45, 7) is 3.32. The van der Waals surface area contributed by atoms with Crippen molar-refractivity contribution in [1.29, 1.82) is 0 Å². The lowest BCUT2D eigenvalue weighted by Gasteiger charge is -2.37. The molecule has 2 aliphatic heterocycles. The molecule has 2 heterocycles. The Kier molecular flexibility index (Phi) is 4.90. The SMILES string of the molecule is CC(=O)[C@H]1[C@H](c2ccc(C(F)(F)F)cc2)C2(C(=O)c3ccccc3C2=O)[C@H]2C=Cc3ccc(C)cc3N12. The van der Waals surface area contributed by atoms with Crippen LogP contribution in [0, 0.1) is 12.3 Å². The fourth-order valence-electron chi connectivity index (χ4n) is 6.48. The van der Waals surface area contributed by atoms with E-state index in [4.69, 9.17) is 0 Å². The van der Waals surface area contributed by atoms with Gasteiger partial charge in [0.1, 0.15) is 5.41 Å². The molecule has 0 bridgehead atoms. The average molecular weight is 502 g/mol. The van der Waals surface area contributed by atoms with Crippen LogP contribution in [0.25, 0.3) is 6.08 Å². The summed E-state index contributed by atoms with van der Waals surface area (Å²) in [5.74, 6) is -2.07. The maximum atomic E-state index is 14.3.